The van der Waals surface area contributed by atoms with Crippen molar-refractivity contribution in [1.29, 1.82) is 0 Å². The van der Waals surface area contributed by atoms with Crippen LogP contribution in [0.5, 0.6) is 0 Å². The molecule has 0 rings (SSSR count). The van der Waals surface area contributed by atoms with Gasteiger partial charge in [0.15, 0.2) is 0 Å². The van der Waals surface area contributed by atoms with E-state index in [0.717, 1.165) is 57.5 Å². The Morgan fingerprint density at radius 2 is 0.432 bits per heavy atom. The van der Waals surface area contributed by atoms with Gasteiger partial charge >= 0.3 is 8.80 Å². The lowest BCUT2D eigenvalue weighted by atomic mass is 10.1. The van der Waals surface area contributed by atoms with E-state index in [-0.39, 0.29) is 0 Å². The summed E-state index contributed by atoms with van der Waals surface area (Å²) in [4.78, 5) is 5.52. The summed E-state index contributed by atoms with van der Waals surface area (Å²) in [6, 6.07) is 0.891. The standard InChI is InChI=1S/C67H140N2O3SSi/c1-6-11-16-21-26-31-36-41-46-51-57-68(58-52-47-42-37-32-27-22-17-12-7-2)61-64-71-74(67-56-66-73,70-63-55-50-45-40-35-30-25-20-15-10-5)72-65-62-69(59-53-48-43-38-33-28-23-18-13-8-3)60-54-49-44-39-34-29-24-19-14-9-4/h73H,6-67H2,1-5H3. The number of thiol groups is 1. The van der Waals surface area contributed by atoms with Crippen LogP contribution >= 0.6 is 12.6 Å². The summed E-state index contributed by atoms with van der Waals surface area (Å²) in [5.74, 6) is 0.857. The smallest absolute Gasteiger partial charge is 0.373 e. The predicted octanol–water partition coefficient (Wildman–Crippen LogP) is 22.5. The third-order valence-corrected chi connectivity index (χ3v) is 19.4. The van der Waals surface area contributed by atoms with Gasteiger partial charge in [0.25, 0.3) is 0 Å². The number of nitrogens with zero attached hydrogens (tertiary/aromatic N) is 2. The fourth-order valence-corrected chi connectivity index (χ4v) is 14.1. The van der Waals surface area contributed by atoms with E-state index < -0.39 is 8.80 Å². The normalized spacial score (nSPS) is 12.2. The second kappa shape index (κ2) is 64.2. The monoisotopic (exact) mass is 1080 g/mol. The summed E-state index contributed by atoms with van der Waals surface area (Å²) in [6.07, 6.45) is 70.2. The molecule has 0 heterocycles. The molecule has 0 atom stereocenters. The van der Waals surface area contributed by atoms with Crippen molar-refractivity contribution in [2.45, 2.75) is 368 Å². The van der Waals surface area contributed by atoms with Crippen LogP contribution in [0.15, 0.2) is 0 Å². The van der Waals surface area contributed by atoms with E-state index in [1.54, 1.807) is 0 Å². The topological polar surface area (TPSA) is 34.2 Å². The van der Waals surface area contributed by atoms with Gasteiger partial charge in [-0.05, 0) is 70.5 Å². The first-order chi connectivity index (χ1) is 36.6. The summed E-state index contributed by atoms with van der Waals surface area (Å²) in [5, 5.41) is 0. The molecule has 0 unspecified atom stereocenters. The van der Waals surface area contributed by atoms with Crippen LogP contribution in [-0.2, 0) is 13.3 Å². The molecule has 0 aromatic heterocycles. The molecular formula is C67H140N2O3SSi. The van der Waals surface area contributed by atoms with Crippen molar-refractivity contribution in [3.05, 3.63) is 0 Å². The molecule has 5 nitrogen and oxygen atoms in total. The molecule has 0 aromatic carbocycles. The van der Waals surface area contributed by atoms with Crippen molar-refractivity contribution in [3.8, 4) is 0 Å². The zero-order valence-corrected chi connectivity index (χ0v) is 53.8. The number of rotatable bonds is 67. The maximum atomic E-state index is 7.17. The van der Waals surface area contributed by atoms with E-state index in [1.807, 2.05) is 0 Å². The van der Waals surface area contributed by atoms with E-state index in [1.165, 1.54) is 341 Å². The number of hydrogen-bond acceptors (Lipinski definition) is 6. The largest absolute Gasteiger partial charge is 0.501 e. The van der Waals surface area contributed by atoms with Crippen molar-refractivity contribution in [3.63, 3.8) is 0 Å². The molecule has 0 aliphatic heterocycles. The first-order valence-corrected chi connectivity index (χ1v) is 37.1. The van der Waals surface area contributed by atoms with Gasteiger partial charge in [-0.25, -0.2) is 0 Å². The SMILES string of the molecule is CCCCCCCCCCCCO[Si](CCCS)(OCCN(CCCCCCCCCCCC)CCCCCCCCCCCC)OCCN(CCCCCCCCCCCC)CCCCCCCCCCCC. The summed E-state index contributed by atoms with van der Waals surface area (Å²) in [5.41, 5.74) is 0. The molecule has 7 heteroatoms. The zero-order valence-electron chi connectivity index (χ0n) is 51.9. The molecule has 74 heavy (non-hydrogen) atoms. The van der Waals surface area contributed by atoms with E-state index in [9.17, 15) is 0 Å². The average Bonchev–Trinajstić information content (AvgIpc) is 3.41. The van der Waals surface area contributed by atoms with E-state index in [2.05, 4.69) is 44.4 Å². The highest BCUT2D eigenvalue weighted by Gasteiger charge is 2.41. The van der Waals surface area contributed by atoms with Crippen LogP contribution in [-0.4, -0.2) is 83.4 Å². The van der Waals surface area contributed by atoms with Crippen LogP contribution < -0.4 is 0 Å². The number of hydrogen-bond donors (Lipinski definition) is 1. The summed E-state index contributed by atoms with van der Waals surface area (Å²) >= 11 is 4.75. The van der Waals surface area contributed by atoms with Crippen LogP contribution in [0.4, 0.5) is 0 Å². The van der Waals surface area contributed by atoms with Gasteiger partial charge in [0.05, 0.1) is 13.2 Å². The first-order valence-electron chi connectivity index (χ1n) is 34.6. The fourth-order valence-electron chi connectivity index (χ4n) is 11.1. The van der Waals surface area contributed by atoms with Crippen LogP contribution in [0.25, 0.3) is 0 Å². The third-order valence-electron chi connectivity index (χ3n) is 16.2. The quantitative estimate of drug-likeness (QED) is 0.0373. The van der Waals surface area contributed by atoms with Gasteiger partial charge in [0, 0.05) is 25.7 Å². The van der Waals surface area contributed by atoms with E-state index >= 15 is 0 Å². The van der Waals surface area contributed by atoms with E-state index in [4.69, 9.17) is 25.9 Å². The highest BCUT2D eigenvalue weighted by molar-refractivity contribution is 7.80. The molecule has 0 saturated heterocycles. The average molecular weight is 1080 g/mol. The number of unbranched alkanes of at least 4 members (excludes halogenated alkanes) is 45. The molecule has 0 aromatic rings. The maximum Gasteiger partial charge on any atom is 0.501 e. The maximum absolute atomic E-state index is 7.17. The Morgan fingerprint density at radius 1 is 0.230 bits per heavy atom. The molecule has 446 valence electrons. The Bertz CT molecular complexity index is 903. The molecule has 0 fully saturated rings. The van der Waals surface area contributed by atoms with Gasteiger partial charge in [-0.3, -0.25) is 0 Å². The molecule has 0 aliphatic rings. The van der Waals surface area contributed by atoms with Gasteiger partial charge in [-0.2, -0.15) is 12.6 Å². The van der Waals surface area contributed by atoms with Crippen LogP contribution in [0, 0.1) is 0 Å². The Morgan fingerprint density at radius 3 is 0.662 bits per heavy atom. The van der Waals surface area contributed by atoms with Crippen molar-refractivity contribution < 1.29 is 13.3 Å². The Hall–Kier alpha value is 0.367. The van der Waals surface area contributed by atoms with Crippen molar-refractivity contribution >= 4 is 21.4 Å². The Labute approximate surface area is 475 Å². The summed E-state index contributed by atoms with van der Waals surface area (Å²) in [7, 11) is -2.91. The van der Waals surface area contributed by atoms with Crippen LogP contribution in [0.1, 0.15) is 362 Å². The molecule has 0 saturated carbocycles. The molecule has 0 bridgehead atoms. The third kappa shape index (κ3) is 55.7. The molecule has 0 aliphatic carbocycles. The van der Waals surface area contributed by atoms with E-state index in [0.29, 0.717) is 0 Å². The molecule has 0 amide bonds. The minimum absolute atomic E-state index is 0.729. The second-order valence-corrected chi connectivity index (χ2v) is 26.8. The molecule has 0 spiro atoms. The zero-order chi connectivity index (χ0) is 53.6. The second-order valence-electron chi connectivity index (χ2n) is 23.6. The highest BCUT2D eigenvalue weighted by atomic mass is 32.1. The van der Waals surface area contributed by atoms with Gasteiger partial charge < -0.3 is 23.1 Å². The molecule has 0 N–H and O–H groups in total. The lowest BCUT2D eigenvalue weighted by molar-refractivity contribution is 0.0428. The minimum atomic E-state index is -2.91. The Balaban J connectivity index is 5.76. The molecular weight excluding hydrogens is 941 g/mol. The van der Waals surface area contributed by atoms with Crippen molar-refractivity contribution in [2.24, 2.45) is 0 Å². The van der Waals surface area contributed by atoms with Gasteiger partial charge in [0.1, 0.15) is 0 Å². The van der Waals surface area contributed by atoms with Crippen LogP contribution in [0.2, 0.25) is 6.04 Å². The Kier molecular flexibility index (Phi) is 64.5. The van der Waals surface area contributed by atoms with Gasteiger partial charge in [0.2, 0.25) is 0 Å². The summed E-state index contributed by atoms with van der Waals surface area (Å²) in [6.45, 7) is 20.7. The van der Waals surface area contributed by atoms with Gasteiger partial charge in [-0.1, -0.05) is 324 Å². The van der Waals surface area contributed by atoms with Crippen LogP contribution in [0.3, 0.4) is 0 Å². The van der Waals surface area contributed by atoms with Crippen molar-refractivity contribution in [1.82, 2.24) is 9.80 Å². The highest BCUT2D eigenvalue weighted by Crippen LogP contribution is 2.22. The summed E-state index contributed by atoms with van der Waals surface area (Å²) < 4.78 is 21.4. The lowest BCUT2D eigenvalue weighted by Gasteiger charge is -2.32. The van der Waals surface area contributed by atoms with Crippen molar-refractivity contribution in [2.75, 3.05) is 64.8 Å². The minimum Gasteiger partial charge on any atom is -0.373 e. The predicted molar refractivity (Wildman–Crippen MR) is 339 cm³/mol. The first kappa shape index (κ1) is 74.4. The fraction of sp³-hybridized carbons (Fsp3) is 1.00. The lowest BCUT2D eigenvalue weighted by Crippen LogP contribution is -2.49. The van der Waals surface area contributed by atoms with Gasteiger partial charge in [-0.15, -0.1) is 0 Å². The molecule has 0 radical (unpaired) electrons.